The highest BCUT2D eigenvalue weighted by Crippen LogP contribution is 2.33. The van der Waals surface area contributed by atoms with E-state index in [4.69, 9.17) is 14.5 Å². The quantitative estimate of drug-likeness (QED) is 0.130. The number of aromatic nitrogens is 2. The average molecular weight is 608 g/mol. The zero-order chi connectivity index (χ0) is 31.1. The summed E-state index contributed by atoms with van der Waals surface area (Å²) < 4.78 is 41.9. The molecule has 2 aromatic heterocycles. The lowest BCUT2D eigenvalue weighted by Gasteiger charge is -2.32. The van der Waals surface area contributed by atoms with Gasteiger partial charge in [0.25, 0.3) is 0 Å². The number of nitrogens with one attached hydrogen (secondary N) is 1. The Morgan fingerprint density at radius 1 is 0.884 bits per heavy atom. The van der Waals surface area contributed by atoms with Crippen LogP contribution in [0.2, 0.25) is 0 Å². The maximum absolute atomic E-state index is 14.9. The van der Waals surface area contributed by atoms with E-state index in [1.54, 1.807) is 32.4 Å². The fourth-order valence-corrected chi connectivity index (χ4v) is 5.28. The first kappa shape index (κ1) is 32.0. The molecule has 1 N–H and O–H groups in total. The first-order chi connectivity index (χ1) is 20.5. The smallest absolute Gasteiger partial charge is 0.214 e. The largest absolute Gasteiger partial charge is 0.497 e. The molecule has 43 heavy (non-hydrogen) atoms. The Hall–Kier alpha value is -3.89. The molecule has 0 amide bonds. The molecule has 0 spiro atoms. The van der Waals surface area contributed by atoms with E-state index in [0.29, 0.717) is 47.5 Å². The number of aryl methyl sites for hydroxylation is 1. The van der Waals surface area contributed by atoms with Gasteiger partial charge in [-0.05, 0) is 82.8 Å². The number of ether oxygens (including phenoxy) is 2. The number of nitrogens with zero attached hydrogens (tertiary/aromatic N) is 4. The van der Waals surface area contributed by atoms with E-state index in [-0.39, 0.29) is 11.4 Å². The van der Waals surface area contributed by atoms with Crippen molar-refractivity contribution >= 4 is 23.5 Å². The van der Waals surface area contributed by atoms with Crippen LogP contribution in [0.3, 0.4) is 0 Å². The van der Waals surface area contributed by atoms with Gasteiger partial charge in [0.1, 0.15) is 28.2 Å². The molecule has 10 heteroatoms. The Balaban J connectivity index is 1.54. The fourth-order valence-electron chi connectivity index (χ4n) is 4.35. The molecule has 2 aromatic carbocycles. The minimum atomic E-state index is -0.574. The van der Waals surface area contributed by atoms with Gasteiger partial charge >= 0.3 is 0 Å². The Morgan fingerprint density at radius 2 is 1.65 bits per heavy atom. The number of hydrogen-bond donors (Lipinski definition) is 1. The Labute approximate surface area is 257 Å². The van der Waals surface area contributed by atoms with E-state index in [1.807, 2.05) is 54.7 Å². The number of hydrogen-bond acceptors (Lipinski definition) is 8. The maximum Gasteiger partial charge on any atom is 0.214 e. The molecule has 7 nitrogen and oxygen atoms in total. The monoisotopic (exact) mass is 607 g/mol. The van der Waals surface area contributed by atoms with Crippen LogP contribution >= 0.6 is 11.9 Å². The Kier molecular flexibility index (Phi) is 10.5. The lowest BCUT2D eigenvalue weighted by atomic mass is 10.0. The van der Waals surface area contributed by atoms with Gasteiger partial charge in [-0.1, -0.05) is 18.2 Å². The molecule has 228 valence electrons. The lowest BCUT2D eigenvalue weighted by Crippen LogP contribution is -2.37. The van der Waals surface area contributed by atoms with Crippen molar-refractivity contribution in [3.63, 3.8) is 0 Å². The minimum absolute atomic E-state index is 0.0432. The third-order valence-electron chi connectivity index (χ3n) is 7.25. The van der Waals surface area contributed by atoms with Crippen LogP contribution in [0.1, 0.15) is 43.2 Å². The Bertz CT molecular complexity index is 1550. The summed E-state index contributed by atoms with van der Waals surface area (Å²) >= 11 is 1.34. The van der Waals surface area contributed by atoms with Crippen LogP contribution in [0, 0.1) is 18.7 Å². The molecule has 0 aliphatic heterocycles. The van der Waals surface area contributed by atoms with E-state index in [2.05, 4.69) is 36.0 Å². The minimum Gasteiger partial charge on any atom is -0.497 e. The van der Waals surface area contributed by atoms with Crippen LogP contribution in [0.4, 0.5) is 20.3 Å². The van der Waals surface area contributed by atoms with Gasteiger partial charge in [-0.15, -0.1) is 0 Å². The highest BCUT2D eigenvalue weighted by molar-refractivity contribution is 8.00. The van der Waals surface area contributed by atoms with Crippen molar-refractivity contribution in [3.8, 4) is 11.5 Å². The van der Waals surface area contributed by atoms with Crippen molar-refractivity contribution in [3.05, 3.63) is 101 Å². The van der Waals surface area contributed by atoms with Gasteiger partial charge in [0.2, 0.25) is 5.95 Å². The topological polar surface area (TPSA) is 62.8 Å². The van der Waals surface area contributed by atoms with Gasteiger partial charge in [-0.25, -0.2) is 14.4 Å². The molecule has 0 aliphatic rings. The van der Waals surface area contributed by atoms with Crippen LogP contribution in [0.15, 0.2) is 71.8 Å². The summed E-state index contributed by atoms with van der Waals surface area (Å²) in [4.78, 5) is 11.1. The highest BCUT2D eigenvalue weighted by atomic mass is 32.2. The fraction of sp³-hybridized carbons (Fsp3) is 0.333. The number of methoxy groups -OCH3 is 2. The number of anilines is 2. The van der Waals surface area contributed by atoms with Gasteiger partial charge in [0, 0.05) is 47.8 Å². The molecular weight excluding hydrogens is 568 g/mol. The van der Waals surface area contributed by atoms with Crippen molar-refractivity contribution in [1.29, 1.82) is 0 Å². The zero-order valence-corrected chi connectivity index (χ0v) is 26.6. The second kappa shape index (κ2) is 14.1. The van der Waals surface area contributed by atoms with Crippen LogP contribution in [0.5, 0.6) is 11.5 Å². The molecule has 0 unspecified atom stereocenters. The lowest BCUT2D eigenvalue weighted by molar-refractivity contribution is 0.167. The van der Waals surface area contributed by atoms with Crippen LogP contribution < -0.4 is 19.1 Å². The second-order valence-electron chi connectivity index (χ2n) is 11.2. The predicted molar refractivity (Wildman–Crippen MR) is 170 cm³/mol. The van der Waals surface area contributed by atoms with Crippen molar-refractivity contribution in [1.82, 2.24) is 14.9 Å². The van der Waals surface area contributed by atoms with Crippen LogP contribution in [-0.2, 0) is 19.6 Å². The van der Waals surface area contributed by atoms with Crippen molar-refractivity contribution < 1.29 is 18.3 Å². The number of rotatable bonds is 12. The molecule has 4 rings (SSSR count). The third-order valence-corrected chi connectivity index (χ3v) is 8.20. The highest BCUT2D eigenvalue weighted by Gasteiger charge is 2.20. The molecule has 4 aromatic rings. The summed E-state index contributed by atoms with van der Waals surface area (Å²) in [5, 5.41) is 4.07. The average Bonchev–Trinajstić information content (AvgIpc) is 2.97. The first-order valence-corrected chi connectivity index (χ1v) is 14.7. The van der Waals surface area contributed by atoms with Crippen molar-refractivity contribution in [2.75, 3.05) is 30.9 Å². The predicted octanol–water partition coefficient (Wildman–Crippen LogP) is 7.64. The van der Waals surface area contributed by atoms with E-state index in [0.717, 1.165) is 22.5 Å². The summed E-state index contributed by atoms with van der Waals surface area (Å²) in [6.07, 6.45) is 0. The first-order valence-electron chi connectivity index (χ1n) is 14.0. The molecule has 0 fully saturated rings. The second-order valence-corrected chi connectivity index (χ2v) is 12.2. The SMILES string of the molecule is COc1ccc(CN(Sc2ccc(NCc3c(F)cccc3CN(C)C(C)(C)C)c(C)n2)c2cccc(F)n2)c(OC)c1. The zero-order valence-electron chi connectivity index (χ0n) is 25.7. The number of benzene rings is 2. The summed E-state index contributed by atoms with van der Waals surface area (Å²) in [6, 6.07) is 19.3. The van der Waals surface area contributed by atoms with Gasteiger partial charge in [-0.3, -0.25) is 9.21 Å². The van der Waals surface area contributed by atoms with E-state index in [9.17, 15) is 8.78 Å². The van der Waals surface area contributed by atoms with Gasteiger partial charge < -0.3 is 14.8 Å². The normalized spacial score (nSPS) is 11.5. The maximum atomic E-state index is 14.9. The molecule has 0 radical (unpaired) electrons. The van der Waals surface area contributed by atoms with Crippen LogP contribution in [0.25, 0.3) is 0 Å². The molecule has 0 saturated heterocycles. The molecule has 2 heterocycles. The summed E-state index contributed by atoms with van der Waals surface area (Å²) in [5.74, 6) is 0.947. The third kappa shape index (κ3) is 8.36. The standard InChI is InChI=1S/C33H39F2N5O2S/c1-22-28(36-19-26-23(10-8-11-27(26)34)20-39(5)33(2,3)4)16-17-32(37-22)43-40(31-13-9-12-30(35)38-31)21-24-14-15-25(41-6)18-29(24)42-7/h8-18,36H,19-21H2,1-7H3. The van der Waals surface area contributed by atoms with E-state index in [1.165, 1.54) is 24.1 Å². The number of pyridine rings is 2. The summed E-state index contributed by atoms with van der Waals surface area (Å²) in [5.41, 5.74) is 3.95. The summed E-state index contributed by atoms with van der Waals surface area (Å²) in [6.45, 7) is 9.64. The molecule has 0 saturated carbocycles. The summed E-state index contributed by atoms with van der Waals surface area (Å²) in [7, 11) is 5.24. The molecular formula is C33H39F2N5O2S. The van der Waals surface area contributed by atoms with Gasteiger partial charge in [-0.2, -0.15) is 4.39 Å². The molecule has 0 bridgehead atoms. The van der Waals surface area contributed by atoms with E-state index < -0.39 is 5.95 Å². The van der Waals surface area contributed by atoms with Gasteiger partial charge in [0.15, 0.2) is 0 Å². The molecule has 0 atom stereocenters. The van der Waals surface area contributed by atoms with Crippen molar-refractivity contribution in [2.24, 2.45) is 0 Å². The molecule has 0 aliphatic carbocycles. The number of halogens is 2. The van der Waals surface area contributed by atoms with E-state index >= 15 is 0 Å². The van der Waals surface area contributed by atoms with Gasteiger partial charge in [0.05, 0.1) is 32.1 Å². The Morgan fingerprint density at radius 3 is 2.33 bits per heavy atom. The van der Waals surface area contributed by atoms with Crippen molar-refractivity contribution in [2.45, 2.75) is 57.9 Å². The van der Waals surface area contributed by atoms with Crippen LogP contribution in [-0.4, -0.2) is 41.7 Å².